The molecule has 29 heavy (non-hydrogen) atoms. The molecule has 0 aliphatic heterocycles. The number of nitrogens with zero attached hydrogens (tertiary/aromatic N) is 2. The minimum atomic E-state index is -0.683. The van der Waals surface area contributed by atoms with Crippen LogP contribution in [0.15, 0.2) is 47.1 Å². The average molecular weight is 392 g/mol. The Morgan fingerprint density at radius 1 is 1.24 bits per heavy atom. The van der Waals surface area contributed by atoms with E-state index in [0.717, 1.165) is 0 Å². The number of aryl methyl sites for hydroxylation is 1. The van der Waals surface area contributed by atoms with Crippen molar-refractivity contribution < 1.29 is 23.5 Å². The topological polar surface area (TPSA) is 94.5 Å². The van der Waals surface area contributed by atoms with E-state index in [0.29, 0.717) is 23.5 Å². The molecule has 0 aliphatic carbocycles. The average Bonchev–Trinajstić information content (AvgIpc) is 3.34. The number of esters is 1. The molecule has 7 heteroatoms. The summed E-state index contributed by atoms with van der Waals surface area (Å²) in [6.07, 6.45) is 3.44. The second-order valence-corrected chi connectivity index (χ2v) is 6.30. The van der Waals surface area contributed by atoms with E-state index in [4.69, 9.17) is 13.9 Å². The zero-order chi connectivity index (χ0) is 21.0. The number of rotatable bonds is 7. The maximum absolute atomic E-state index is 12.7. The van der Waals surface area contributed by atoms with Crippen molar-refractivity contribution in [1.82, 2.24) is 4.57 Å². The lowest BCUT2D eigenvalue weighted by Crippen LogP contribution is -2.09. The zero-order valence-corrected chi connectivity index (χ0v) is 16.4. The highest BCUT2D eigenvalue weighted by Gasteiger charge is 2.26. The largest absolute Gasteiger partial charge is 0.493 e. The first-order chi connectivity index (χ1) is 14.0. The number of carbonyl (C=O) groups excluding carboxylic acids is 2. The quantitative estimate of drug-likeness (QED) is 0.442. The van der Waals surface area contributed by atoms with Gasteiger partial charge in [0.2, 0.25) is 5.88 Å². The van der Waals surface area contributed by atoms with Crippen molar-refractivity contribution >= 4 is 11.8 Å². The maximum Gasteiger partial charge on any atom is 0.343 e. The van der Waals surface area contributed by atoms with Gasteiger partial charge in [-0.25, -0.2) is 4.79 Å². The minimum Gasteiger partial charge on any atom is -0.493 e. The summed E-state index contributed by atoms with van der Waals surface area (Å²) >= 11 is 0. The fourth-order valence-corrected chi connectivity index (χ4v) is 2.95. The van der Waals surface area contributed by atoms with Gasteiger partial charge in [0.25, 0.3) is 0 Å². The molecule has 1 aromatic carbocycles. The molecule has 0 amide bonds. The van der Waals surface area contributed by atoms with Crippen LogP contribution in [0.2, 0.25) is 0 Å². The minimum absolute atomic E-state index is 0.0804. The number of Topliss-reactive ketones (excluding diaryl/α,β-unsaturated/α-hetero) is 1. The third-order valence-corrected chi connectivity index (χ3v) is 4.35. The highest BCUT2D eigenvalue weighted by atomic mass is 16.5. The van der Waals surface area contributed by atoms with Gasteiger partial charge in [0, 0.05) is 23.5 Å². The summed E-state index contributed by atoms with van der Waals surface area (Å²) in [7, 11) is 0. The number of ketones is 1. The number of hydrogen-bond donors (Lipinski definition) is 0. The summed E-state index contributed by atoms with van der Waals surface area (Å²) in [5, 5.41) is 9.57. The van der Waals surface area contributed by atoms with Gasteiger partial charge in [-0.2, -0.15) is 5.26 Å². The molecule has 0 fully saturated rings. The summed E-state index contributed by atoms with van der Waals surface area (Å²) in [5.74, 6) is 0.294. The molecule has 0 aliphatic rings. The lowest BCUT2D eigenvalue weighted by atomic mass is 10.1. The lowest BCUT2D eigenvalue weighted by molar-refractivity contribution is 0.0467. The Kier molecular flexibility index (Phi) is 5.84. The molecule has 0 saturated carbocycles. The predicted octanol–water partition coefficient (Wildman–Crippen LogP) is 4.21. The van der Waals surface area contributed by atoms with Crippen molar-refractivity contribution in [3.05, 3.63) is 70.7 Å². The standard InChI is InChI=1S/C22H20N2O5/c1-4-27-19-8-7-16(14(2)25)11-17(19)13-28-22(26)20-15(3)29-21(18(20)12-23)24-9-5-6-10-24/h5-11H,4,13H2,1-3H3. The van der Waals surface area contributed by atoms with Crippen LogP contribution >= 0.6 is 0 Å². The molecule has 0 atom stereocenters. The van der Waals surface area contributed by atoms with E-state index in [9.17, 15) is 14.9 Å². The summed E-state index contributed by atoms with van der Waals surface area (Å²) in [6.45, 7) is 5.23. The first-order valence-electron chi connectivity index (χ1n) is 9.06. The van der Waals surface area contributed by atoms with Gasteiger partial charge in [-0.3, -0.25) is 9.36 Å². The van der Waals surface area contributed by atoms with Crippen LogP contribution in [0.5, 0.6) is 5.75 Å². The zero-order valence-electron chi connectivity index (χ0n) is 16.4. The van der Waals surface area contributed by atoms with Gasteiger partial charge in [-0.15, -0.1) is 0 Å². The first kappa shape index (κ1) is 20.0. The van der Waals surface area contributed by atoms with Crippen LogP contribution in [0.4, 0.5) is 0 Å². The molecule has 0 radical (unpaired) electrons. The highest BCUT2D eigenvalue weighted by Crippen LogP contribution is 2.27. The van der Waals surface area contributed by atoms with Gasteiger partial charge >= 0.3 is 5.97 Å². The molecule has 3 aromatic rings. The molecule has 148 valence electrons. The van der Waals surface area contributed by atoms with Crippen molar-refractivity contribution in [2.24, 2.45) is 0 Å². The number of nitriles is 1. The fraction of sp³-hybridized carbons (Fsp3) is 0.227. The SMILES string of the molecule is CCOc1ccc(C(C)=O)cc1COC(=O)c1c(C)oc(-n2cccc2)c1C#N. The second-order valence-electron chi connectivity index (χ2n) is 6.30. The predicted molar refractivity (Wildman–Crippen MR) is 104 cm³/mol. The van der Waals surface area contributed by atoms with Crippen LogP contribution in [0.25, 0.3) is 5.88 Å². The van der Waals surface area contributed by atoms with E-state index in [2.05, 4.69) is 0 Å². The number of furan rings is 1. The monoisotopic (exact) mass is 392 g/mol. The van der Waals surface area contributed by atoms with Crippen molar-refractivity contribution in [1.29, 1.82) is 5.26 Å². The van der Waals surface area contributed by atoms with Crippen LogP contribution in [0, 0.1) is 18.3 Å². The van der Waals surface area contributed by atoms with Gasteiger partial charge in [-0.05, 0) is 51.1 Å². The molecule has 0 unspecified atom stereocenters. The molecule has 0 saturated heterocycles. The molecular formula is C22H20N2O5. The number of benzene rings is 1. The Balaban J connectivity index is 1.88. The van der Waals surface area contributed by atoms with E-state index in [1.165, 1.54) is 6.92 Å². The molecule has 2 aromatic heterocycles. The molecule has 7 nitrogen and oxygen atoms in total. The van der Waals surface area contributed by atoms with Crippen molar-refractivity contribution in [2.45, 2.75) is 27.4 Å². The molecule has 0 N–H and O–H groups in total. The Bertz CT molecular complexity index is 1090. The van der Waals surface area contributed by atoms with Crippen molar-refractivity contribution in [2.75, 3.05) is 6.61 Å². The number of ether oxygens (including phenoxy) is 2. The molecule has 0 bridgehead atoms. The number of hydrogen-bond acceptors (Lipinski definition) is 6. The molecule has 2 heterocycles. The summed E-state index contributed by atoms with van der Waals surface area (Å²) in [6, 6.07) is 10.6. The molecular weight excluding hydrogens is 372 g/mol. The third-order valence-electron chi connectivity index (χ3n) is 4.35. The van der Waals surface area contributed by atoms with Gasteiger partial charge in [-0.1, -0.05) is 0 Å². The van der Waals surface area contributed by atoms with Crippen LogP contribution in [0.1, 0.15) is 51.5 Å². The highest BCUT2D eigenvalue weighted by molar-refractivity contribution is 5.95. The van der Waals surface area contributed by atoms with Crippen LogP contribution < -0.4 is 4.74 Å². The van der Waals surface area contributed by atoms with Crippen LogP contribution in [-0.4, -0.2) is 22.9 Å². The second kappa shape index (κ2) is 8.48. The summed E-state index contributed by atoms with van der Waals surface area (Å²) in [4.78, 5) is 24.4. The Labute approximate surface area is 168 Å². The summed E-state index contributed by atoms with van der Waals surface area (Å²) in [5.41, 5.74) is 1.24. The van der Waals surface area contributed by atoms with E-state index in [1.54, 1.807) is 54.2 Å². The smallest absolute Gasteiger partial charge is 0.343 e. The molecule has 3 rings (SSSR count). The van der Waals surface area contributed by atoms with E-state index >= 15 is 0 Å². The van der Waals surface area contributed by atoms with Crippen LogP contribution in [-0.2, 0) is 11.3 Å². The Hall–Kier alpha value is -3.79. The maximum atomic E-state index is 12.7. The summed E-state index contributed by atoms with van der Waals surface area (Å²) < 4.78 is 18.2. The normalized spacial score (nSPS) is 10.4. The Morgan fingerprint density at radius 2 is 1.97 bits per heavy atom. The molecule has 0 spiro atoms. The third kappa shape index (κ3) is 4.06. The number of carbonyl (C=O) groups is 2. The first-order valence-corrected chi connectivity index (χ1v) is 9.06. The number of aromatic nitrogens is 1. The van der Waals surface area contributed by atoms with Gasteiger partial charge in [0.15, 0.2) is 5.78 Å². The van der Waals surface area contributed by atoms with Gasteiger partial charge < -0.3 is 13.9 Å². The van der Waals surface area contributed by atoms with Gasteiger partial charge in [0.05, 0.1) is 6.61 Å². The fourth-order valence-electron chi connectivity index (χ4n) is 2.95. The lowest BCUT2D eigenvalue weighted by Gasteiger charge is -2.12. The van der Waals surface area contributed by atoms with Crippen molar-refractivity contribution in [3.63, 3.8) is 0 Å². The van der Waals surface area contributed by atoms with E-state index in [1.807, 2.05) is 13.0 Å². The van der Waals surface area contributed by atoms with E-state index in [-0.39, 0.29) is 35.2 Å². The van der Waals surface area contributed by atoms with E-state index < -0.39 is 5.97 Å². The van der Waals surface area contributed by atoms with Crippen LogP contribution in [0.3, 0.4) is 0 Å². The van der Waals surface area contributed by atoms with Crippen molar-refractivity contribution in [3.8, 4) is 17.7 Å². The Morgan fingerprint density at radius 3 is 2.59 bits per heavy atom. The van der Waals surface area contributed by atoms with Gasteiger partial charge in [0.1, 0.15) is 35.3 Å².